The topological polar surface area (TPSA) is 92.3 Å². The third-order valence-corrected chi connectivity index (χ3v) is 4.35. The summed E-state index contributed by atoms with van der Waals surface area (Å²) in [5, 5.41) is 3.00. The number of hydrogen-bond donors (Lipinski definition) is 2. The van der Waals surface area contributed by atoms with Gasteiger partial charge in [0.25, 0.3) is 0 Å². The van der Waals surface area contributed by atoms with Crippen LogP contribution < -0.4 is 10.0 Å². The summed E-state index contributed by atoms with van der Waals surface area (Å²) >= 11 is 0. The second-order valence-electron chi connectivity index (χ2n) is 4.31. The molecule has 0 amide bonds. The molecule has 0 radical (unpaired) electrons. The van der Waals surface area contributed by atoms with Gasteiger partial charge in [0.2, 0.25) is 10.0 Å². The second-order valence-corrected chi connectivity index (χ2v) is 8.49. The SMILES string of the molecule is CC(C)NCCS(=O)(=O)NCCCS(C)(=O)=O. The second kappa shape index (κ2) is 7.30. The molecule has 0 bridgehead atoms. The quantitative estimate of drug-likeness (QED) is 0.549. The maximum absolute atomic E-state index is 11.4. The van der Waals surface area contributed by atoms with Gasteiger partial charge in [-0.3, -0.25) is 0 Å². The summed E-state index contributed by atoms with van der Waals surface area (Å²) in [6.45, 7) is 4.43. The molecule has 0 saturated carbocycles. The van der Waals surface area contributed by atoms with Crippen molar-refractivity contribution in [3.05, 3.63) is 0 Å². The van der Waals surface area contributed by atoms with Crippen molar-refractivity contribution >= 4 is 19.9 Å². The first kappa shape index (κ1) is 16.8. The van der Waals surface area contributed by atoms with Gasteiger partial charge in [-0.05, 0) is 6.42 Å². The molecule has 0 unspecified atom stereocenters. The van der Waals surface area contributed by atoms with Crippen LogP contribution >= 0.6 is 0 Å². The summed E-state index contributed by atoms with van der Waals surface area (Å²) in [4.78, 5) is 0. The molecule has 0 aliphatic carbocycles. The first-order valence-electron chi connectivity index (χ1n) is 5.51. The molecule has 104 valence electrons. The Morgan fingerprint density at radius 2 is 1.59 bits per heavy atom. The predicted molar refractivity (Wildman–Crippen MR) is 69.3 cm³/mol. The Morgan fingerprint density at radius 1 is 1.00 bits per heavy atom. The fraction of sp³-hybridized carbons (Fsp3) is 1.00. The van der Waals surface area contributed by atoms with E-state index in [0.717, 1.165) is 6.26 Å². The highest BCUT2D eigenvalue weighted by Gasteiger charge is 2.10. The van der Waals surface area contributed by atoms with Gasteiger partial charge in [-0.1, -0.05) is 13.8 Å². The molecular weight excluding hydrogens is 264 g/mol. The van der Waals surface area contributed by atoms with Gasteiger partial charge in [-0.15, -0.1) is 0 Å². The number of nitrogens with one attached hydrogen (secondary N) is 2. The monoisotopic (exact) mass is 286 g/mol. The van der Waals surface area contributed by atoms with Crippen molar-refractivity contribution in [2.24, 2.45) is 0 Å². The molecule has 0 fully saturated rings. The molecule has 0 heterocycles. The Kier molecular flexibility index (Phi) is 7.22. The molecule has 0 aromatic heterocycles. The Bertz CT molecular complexity index is 401. The smallest absolute Gasteiger partial charge is 0.212 e. The van der Waals surface area contributed by atoms with Crippen molar-refractivity contribution in [1.29, 1.82) is 0 Å². The van der Waals surface area contributed by atoms with Crippen LogP contribution in [0.15, 0.2) is 0 Å². The molecule has 17 heavy (non-hydrogen) atoms. The summed E-state index contributed by atoms with van der Waals surface area (Å²) in [6, 6.07) is 0.246. The molecular formula is C9H22N2O4S2. The van der Waals surface area contributed by atoms with Crippen molar-refractivity contribution in [3.8, 4) is 0 Å². The zero-order valence-electron chi connectivity index (χ0n) is 10.6. The molecule has 0 rings (SSSR count). The normalized spacial score (nSPS) is 13.2. The van der Waals surface area contributed by atoms with Crippen molar-refractivity contribution in [1.82, 2.24) is 10.0 Å². The predicted octanol–water partition coefficient (Wildman–Crippen LogP) is -0.661. The summed E-state index contributed by atoms with van der Waals surface area (Å²) < 4.78 is 46.9. The first-order valence-corrected chi connectivity index (χ1v) is 9.22. The van der Waals surface area contributed by atoms with E-state index in [1.807, 2.05) is 13.8 Å². The summed E-state index contributed by atoms with van der Waals surface area (Å²) in [6.07, 6.45) is 1.43. The summed E-state index contributed by atoms with van der Waals surface area (Å²) in [7, 11) is -6.32. The Morgan fingerprint density at radius 3 is 2.06 bits per heavy atom. The van der Waals surface area contributed by atoms with Gasteiger partial charge in [0, 0.05) is 25.4 Å². The molecule has 0 atom stereocenters. The number of sulfone groups is 1. The van der Waals surface area contributed by atoms with Gasteiger partial charge >= 0.3 is 0 Å². The third-order valence-electron chi connectivity index (χ3n) is 1.94. The van der Waals surface area contributed by atoms with Gasteiger partial charge in [0.1, 0.15) is 9.84 Å². The first-order chi connectivity index (χ1) is 7.62. The Labute approximate surface area is 104 Å². The lowest BCUT2D eigenvalue weighted by atomic mass is 10.4. The average Bonchev–Trinajstić information content (AvgIpc) is 2.10. The van der Waals surface area contributed by atoms with E-state index in [1.165, 1.54) is 0 Å². The van der Waals surface area contributed by atoms with E-state index in [9.17, 15) is 16.8 Å². The summed E-state index contributed by atoms with van der Waals surface area (Å²) in [5.74, 6) is 0.00379. The standard InChI is InChI=1S/C9H22N2O4S2/c1-9(2)10-6-8-17(14,15)11-5-4-7-16(3,12)13/h9-11H,4-8H2,1-3H3. The minimum absolute atomic E-state index is 0.000234. The van der Waals surface area contributed by atoms with Crippen molar-refractivity contribution in [3.63, 3.8) is 0 Å². The van der Waals surface area contributed by atoms with Crippen molar-refractivity contribution in [2.45, 2.75) is 26.3 Å². The number of rotatable bonds is 9. The van der Waals surface area contributed by atoms with E-state index in [1.54, 1.807) is 0 Å². The zero-order chi connectivity index (χ0) is 13.5. The van der Waals surface area contributed by atoms with Crippen LogP contribution in [0.5, 0.6) is 0 Å². The zero-order valence-corrected chi connectivity index (χ0v) is 12.2. The lowest BCUT2D eigenvalue weighted by Crippen LogP contribution is -2.35. The van der Waals surface area contributed by atoms with Gasteiger partial charge in [-0.2, -0.15) is 0 Å². The van der Waals surface area contributed by atoms with Crippen molar-refractivity contribution in [2.75, 3.05) is 30.9 Å². The molecule has 0 aliphatic rings. The van der Waals surface area contributed by atoms with Crippen molar-refractivity contribution < 1.29 is 16.8 Å². The van der Waals surface area contributed by atoms with Gasteiger partial charge < -0.3 is 5.32 Å². The van der Waals surface area contributed by atoms with Gasteiger partial charge in [0.15, 0.2) is 0 Å². The van der Waals surface area contributed by atoms with Gasteiger partial charge in [0.05, 0.1) is 11.5 Å². The molecule has 0 saturated heterocycles. The van der Waals surface area contributed by atoms with Crippen LogP contribution in [0.1, 0.15) is 20.3 Å². The minimum Gasteiger partial charge on any atom is -0.313 e. The van der Waals surface area contributed by atoms with Crippen LogP contribution in [0.3, 0.4) is 0 Å². The molecule has 6 nitrogen and oxygen atoms in total. The lowest BCUT2D eigenvalue weighted by Gasteiger charge is -2.09. The maximum Gasteiger partial charge on any atom is 0.212 e. The van der Waals surface area contributed by atoms with Gasteiger partial charge in [-0.25, -0.2) is 21.6 Å². The van der Waals surface area contributed by atoms with E-state index < -0.39 is 19.9 Å². The van der Waals surface area contributed by atoms with E-state index in [2.05, 4.69) is 10.0 Å². The molecule has 2 N–H and O–H groups in total. The van der Waals surface area contributed by atoms with Crippen LogP contribution in [0.2, 0.25) is 0 Å². The maximum atomic E-state index is 11.4. The highest BCUT2D eigenvalue weighted by Crippen LogP contribution is 1.90. The number of hydrogen-bond acceptors (Lipinski definition) is 5. The van der Waals surface area contributed by atoms with Crippen LogP contribution in [-0.2, 0) is 19.9 Å². The largest absolute Gasteiger partial charge is 0.313 e. The third kappa shape index (κ3) is 12.1. The van der Waals surface area contributed by atoms with E-state index in [-0.39, 0.29) is 24.1 Å². The molecule has 0 aliphatic heterocycles. The fourth-order valence-electron chi connectivity index (χ4n) is 1.12. The molecule has 8 heteroatoms. The molecule has 0 aromatic rings. The minimum atomic E-state index is -3.30. The number of sulfonamides is 1. The fourth-order valence-corrected chi connectivity index (χ4v) is 2.77. The van der Waals surface area contributed by atoms with E-state index >= 15 is 0 Å². The highest BCUT2D eigenvalue weighted by atomic mass is 32.2. The van der Waals surface area contributed by atoms with Crippen LogP contribution in [0, 0.1) is 0 Å². The van der Waals surface area contributed by atoms with E-state index in [0.29, 0.717) is 13.0 Å². The Hall–Kier alpha value is -0.180. The lowest BCUT2D eigenvalue weighted by molar-refractivity contribution is 0.564. The van der Waals surface area contributed by atoms with Crippen LogP contribution in [-0.4, -0.2) is 53.7 Å². The highest BCUT2D eigenvalue weighted by molar-refractivity contribution is 7.90. The average molecular weight is 286 g/mol. The summed E-state index contributed by atoms with van der Waals surface area (Å²) in [5.41, 5.74) is 0. The van der Waals surface area contributed by atoms with E-state index in [4.69, 9.17) is 0 Å². The van der Waals surface area contributed by atoms with Crippen LogP contribution in [0.25, 0.3) is 0 Å². The molecule has 0 aromatic carbocycles. The molecule has 0 spiro atoms. The van der Waals surface area contributed by atoms with Crippen LogP contribution in [0.4, 0.5) is 0 Å². The Balaban J connectivity index is 3.79.